The number of rotatable bonds is 8. The van der Waals surface area contributed by atoms with Crippen molar-refractivity contribution in [2.45, 2.75) is 13.3 Å². The first kappa shape index (κ1) is 22.6. The molecule has 0 radical (unpaired) electrons. The van der Waals surface area contributed by atoms with E-state index in [9.17, 15) is 13.6 Å². The number of hydrogen-bond donors (Lipinski definition) is 1. The van der Waals surface area contributed by atoms with E-state index < -0.39 is 11.7 Å². The Labute approximate surface area is 174 Å². The van der Waals surface area contributed by atoms with Gasteiger partial charge in [-0.05, 0) is 25.2 Å². The number of hydrogen-bond acceptors (Lipinski definition) is 3. The second kappa shape index (κ2) is 10.7. The van der Waals surface area contributed by atoms with E-state index in [4.69, 9.17) is 17.3 Å². The Hall–Kier alpha value is -2.73. The van der Waals surface area contributed by atoms with Gasteiger partial charge in [0.15, 0.2) is 0 Å². The lowest BCUT2D eigenvalue weighted by Gasteiger charge is -2.38. The van der Waals surface area contributed by atoms with Crippen LogP contribution in [0.2, 0.25) is 0 Å². The Morgan fingerprint density at radius 1 is 1.45 bits per heavy atom. The summed E-state index contributed by atoms with van der Waals surface area (Å²) in [4.78, 5) is 17.3. The summed E-state index contributed by atoms with van der Waals surface area (Å²) in [7, 11) is 0. The molecule has 1 aliphatic carbocycles. The van der Waals surface area contributed by atoms with Crippen molar-refractivity contribution in [3.8, 4) is 0 Å². The van der Waals surface area contributed by atoms with Gasteiger partial charge in [0.05, 0.1) is 17.1 Å². The van der Waals surface area contributed by atoms with Crippen molar-refractivity contribution in [3.05, 3.63) is 83.3 Å². The molecule has 7 heteroatoms. The van der Waals surface area contributed by atoms with E-state index in [0.717, 1.165) is 6.29 Å². The van der Waals surface area contributed by atoms with Gasteiger partial charge in [-0.1, -0.05) is 42.5 Å². The quantitative estimate of drug-likeness (QED) is 0.265. The predicted octanol–water partition coefficient (Wildman–Crippen LogP) is 4.85. The highest BCUT2D eigenvalue weighted by Gasteiger charge is 2.26. The topological polar surface area (TPSA) is 58.7 Å². The molecule has 2 N–H and O–H groups in total. The fourth-order valence-corrected chi connectivity index (χ4v) is 3.03. The van der Waals surface area contributed by atoms with E-state index in [0.29, 0.717) is 36.4 Å². The third-order valence-corrected chi connectivity index (χ3v) is 4.90. The van der Waals surface area contributed by atoms with Crippen LogP contribution in [0.25, 0.3) is 0 Å². The van der Waals surface area contributed by atoms with Crippen LogP contribution in [0.3, 0.4) is 0 Å². The lowest BCUT2D eigenvalue weighted by atomic mass is 9.98. The molecule has 0 aromatic heterocycles. The smallest absolute Gasteiger partial charge is 0.126 e. The number of carbonyl (C=O) groups excluding carboxylic acids is 1. The second-order valence-electron chi connectivity index (χ2n) is 6.72. The summed E-state index contributed by atoms with van der Waals surface area (Å²) in [5.41, 5.74) is 7.86. The molecule has 2 aliphatic rings. The summed E-state index contributed by atoms with van der Waals surface area (Å²) >= 11 is 5.76. The third kappa shape index (κ3) is 6.12. The second-order valence-corrected chi connectivity index (χ2v) is 7.13. The standard InChI is InChI=1S/C22H24ClF2N3O/c1-3-5-17(6-4-9-24)21(10-15(2)28-12-16(13-28)14-29)27-22(26)18-7-8-19(23)20(25)11-18/h3-10,14,16,18H,2,11-13H2,1H3,(H2,26,27)/b5-3-,9-4+,17-6+,21-10-. The lowest BCUT2D eigenvalue weighted by molar-refractivity contribution is -0.114. The average molecular weight is 420 g/mol. The molecule has 0 saturated carbocycles. The van der Waals surface area contributed by atoms with Gasteiger partial charge in [-0.2, -0.15) is 0 Å². The Morgan fingerprint density at radius 3 is 2.76 bits per heavy atom. The molecule has 0 aromatic carbocycles. The molecule has 0 amide bonds. The predicted molar refractivity (Wildman–Crippen MR) is 114 cm³/mol. The molecule has 1 fully saturated rings. The van der Waals surface area contributed by atoms with Crippen molar-refractivity contribution in [2.24, 2.45) is 22.6 Å². The van der Waals surface area contributed by atoms with Crippen LogP contribution >= 0.6 is 11.6 Å². The first-order chi connectivity index (χ1) is 13.9. The van der Waals surface area contributed by atoms with Gasteiger partial charge in [0.1, 0.15) is 17.9 Å². The van der Waals surface area contributed by atoms with Crippen molar-refractivity contribution in [3.63, 3.8) is 0 Å². The van der Waals surface area contributed by atoms with Crippen LogP contribution in [-0.2, 0) is 4.79 Å². The fraction of sp³-hybridized carbons (Fsp3) is 0.273. The largest absolute Gasteiger partial charge is 0.387 e. The van der Waals surface area contributed by atoms with Gasteiger partial charge >= 0.3 is 0 Å². The lowest BCUT2D eigenvalue weighted by Crippen LogP contribution is -2.45. The van der Waals surface area contributed by atoms with Crippen molar-refractivity contribution < 1.29 is 13.6 Å². The molecule has 1 unspecified atom stereocenters. The maximum absolute atomic E-state index is 13.9. The Balaban J connectivity index is 2.36. The highest BCUT2D eigenvalue weighted by Crippen LogP contribution is 2.28. The van der Waals surface area contributed by atoms with Gasteiger partial charge in [-0.25, -0.2) is 13.8 Å². The van der Waals surface area contributed by atoms with E-state index in [2.05, 4.69) is 11.6 Å². The van der Waals surface area contributed by atoms with E-state index in [1.165, 1.54) is 12.2 Å². The SMILES string of the molecule is C=C(/C=C(\N=C(/N)C1C=CC(Cl)=C(F)C1)C(/C=C\C)=C/C=C/F)N1CC(C=O)C1. The zero-order valence-corrected chi connectivity index (χ0v) is 16.9. The molecular weight excluding hydrogens is 396 g/mol. The summed E-state index contributed by atoms with van der Waals surface area (Å²) < 4.78 is 26.4. The number of nitrogens with two attached hydrogens (primary N) is 1. The number of aldehydes is 1. The molecule has 1 aliphatic heterocycles. The van der Waals surface area contributed by atoms with E-state index in [-0.39, 0.29) is 23.2 Å². The molecule has 0 spiro atoms. The molecule has 4 nitrogen and oxygen atoms in total. The van der Waals surface area contributed by atoms with Gasteiger partial charge in [0, 0.05) is 42.6 Å². The van der Waals surface area contributed by atoms with Crippen LogP contribution in [0.15, 0.2) is 88.3 Å². The normalized spacial score (nSPS) is 22.0. The van der Waals surface area contributed by atoms with Gasteiger partial charge in [0.2, 0.25) is 0 Å². The summed E-state index contributed by atoms with van der Waals surface area (Å²) in [6, 6.07) is 0. The third-order valence-electron chi connectivity index (χ3n) is 4.56. The maximum atomic E-state index is 13.9. The minimum Gasteiger partial charge on any atom is -0.387 e. The number of halogens is 3. The number of likely N-dealkylation sites (tertiary alicyclic amines) is 1. The molecule has 29 heavy (non-hydrogen) atoms. The van der Waals surface area contributed by atoms with Gasteiger partial charge in [-0.15, -0.1) is 0 Å². The first-order valence-corrected chi connectivity index (χ1v) is 9.54. The van der Waals surface area contributed by atoms with Crippen LogP contribution in [0.5, 0.6) is 0 Å². The average Bonchev–Trinajstić information content (AvgIpc) is 2.65. The molecular formula is C22H24ClF2N3O. The summed E-state index contributed by atoms with van der Waals surface area (Å²) in [6.45, 7) is 7.02. The molecule has 0 bridgehead atoms. The van der Waals surface area contributed by atoms with E-state index >= 15 is 0 Å². The van der Waals surface area contributed by atoms with Crippen molar-refractivity contribution in [1.29, 1.82) is 0 Å². The molecule has 0 aromatic rings. The summed E-state index contributed by atoms with van der Waals surface area (Å²) in [6.07, 6.45) is 12.6. The Bertz CT molecular complexity index is 859. The molecule has 154 valence electrons. The number of nitrogens with zero attached hydrogens (tertiary/aromatic N) is 2. The van der Waals surface area contributed by atoms with Gasteiger partial charge in [-0.3, -0.25) is 0 Å². The summed E-state index contributed by atoms with van der Waals surface area (Å²) in [5.74, 6) is -0.698. The van der Waals surface area contributed by atoms with Crippen LogP contribution in [0.1, 0.15) is 13.3 Å². The minimum atomic E-state index is -0.447. The van der Waals surface area contributed by atoms with Crippen molar-refractivity contribution >= 4 is 23.7 Å². The highest BCUT2D eigenvalue weighted by molar-refractivity contribution is 6.31. The minimum absolute atomic E-state index is 0.0101. The summed E-state index contributed by atoms with van der Waals surface area (Å²) in [5, 5.41) is 0.0586. The zero-order chi connectivity index (χ0) is 21.4. The molecule has 1 saturated heterocycles. The monoisotopic (exact) mass is 419 g/mol. The molecule has 2 rings (SSSR count). The Kier molecular flexibility index (Phi) is 8.34. The van der Waals surface area contributed by atoms with Crippen LogP contribution in [-0.4, -0.2) is 30.1 Å². The fourth-order valence-electron chi connectivity index (χ4n) is 2.88. The maximum Gasteiger partial charge on any atom is 0.126 e. The van der Waals surface area contributed by atoms with Crippen LogP contribution in [0, 0.1) is 11.8 Å². The van der Waals surface area contributed by atoms with Crippen molar-refractivity contribution in [2.75, 3.05) is 13.1 Å². The zero-order valence-electron chi connectivity index (χ0n) is 16.2. The van der Waals surface area contributed by atoms with E-state index in [1.54, 1.807) is 30.4 Å². The van der Waals surface area contributed by atoms with Gasteiger partial charge in [0.25, 0.3) is 0 Å². The Morgan fingerprint density at radius 2 is 2.17 bits per heavy atom. The first-order valence-electron chi connectivity index (χ1n) is 9.17. The number of carbonyl (C=O) groups is 1. The highest BCUT2D eigenvalue weighted by atomic mass is 35.5. The molecule has 1 heterocycles. The number of amidine groups is 1. The van der Waals surface area contributed by atoms with Crippen LogP contribution < -0.4 is 5.73 Å². The molecule has 1 atom stereocenters. The van der Waals surface area contributed by atoms with Gasteiger partial charge < -0.3 is 15.4 Å². The van der Waals surface area contributed by atoms with E-state index in [1.807, 2.05) is 11.8 Å². The van der Waals surface area contributed by atoms with Crippen LogP contribution in [0.4, 0.5) is 8.78 Å². The van der Waals surface area contributed by atoms with Crippen molar-refractivity contribution in [1.82, 2.24) is 4.90 Å². The number of aliphatic imine (C=N–C) groups is 1. The number of allylic oxidation sites excluding steroid dienone is 8.